The summed E-state index contributed by atoms with van der Waals surface area (Å²) >= 11 is 23.3. The van der Waals surface area contributed by atoms with E-state index in [-0.39, 0.29) is 0 Å². The first-order valence-electron chi connectivity index (χ1n) is 36.2. The number of thiazole rings is 3. The van der Waals surface area contributed by atoms with Crippen LogP contribution in [0, 0.1) is 41.5 Å². The number of hydrogen-bond donors (Lipinski definition) is 2. The number of fused-ring (bicyclic) bond motifs is 6. The van der Waals surface area contributed by atoms with Crippen LogP contribution in [0.5, 0.6) is 0 Å². The van der Waals surface area contributed by atoms with Crippen molar-refractivity contribution in [3.8, 4) is 65.1 Å². The fourth-order valence-corrected chi connectivity index (χ4v) is 17.8. The zero-order chi connectivity index (χ0) is 80.5. The molecule has 0 aliphatic rings. The number of carbonyl (C=O) groups is 3. The maximum Gasteiger partial charge on any atom is 0.339 e. The number of esters is 2. The molecule has 0 aliphatic heterocycles. The van der Waals surface area contributed by atoms with Gasteiger partial charge in [-0.25, -0.2) is 44.3 Å². The molecule has 0 saturated heterocycles. The van der Waals surface area contributed by atoms with E-state index in [2.05, 4.69) is 66.3 Å². The maximum atomic E-state index is 13.1. The van der Waals surface area contributed by atoms with E-state index in [0.717, 1.165) is 173 Å². The Balaban J connectivity index is 0.000000147. The Labute approximate surface area is 676 Å². The lowest BCUT2D eigenvalue weighted by atomic mass is 9.91. The van der Waals surface area contributed by atoms with Gasteiger partial charge in [0.25, 0.3) is 0 Å². The molecule has 0 amide bonds. The number of rotatable bonds is 15. The van der Waals surface area contributed by atoms with Crippen LogP contribution in [0.4, 0.5) is 0 Å². The number of hydrogen-bond acceptors (Lipinski definition) is 17. The Morgan fingerprint density at radius 1 is 0.429 bits per heavy atom. The molecular formula is C88H86Cl3N9O9S3. The van der Waals surface area contributed by atoms with Crippen molar-refractivity contribution in [2.24, 2.45) is 14.1 Å². The molecule has 112 heavy (non-hydrogen) atoms. The van der Waals surface area contributed by atoms with E-state index < -0.39 is 53.0 Å². The van der Waals surface area contributed by atoms with Crippen LogP contribution in [0.2, 0.25) is 15.1 Å². The Morgan fingerprint density at radius 3 is 1.06 bits per heavy atom. The number of benzene rings is 6. The fraction of sp³-hybridized carbons (Fsp3) is 0.284. The van der Waals surface area contributed by atoms with Gasteiger partial charge in [-0.2, -0.15) is 0 Å². The highest BCUT2D eigenvalue weighted by atomic mass is 35.5. The minimum atomic E-state index is -1.15. The van der Waals surface area contributed by atoms with Crippen LogP contribution in [0.15, 0.2) is 146 Å². The standard InChI is InChI=1S/C30H30ClN3O3S.2C29H28ClN3O3S/c1-16-12-22-26(38-28(33-22)19-13-21-17(2)15-34(6)27(21)32-14-19)24(18-8-10-20(31)11-9-18)23(16)25(29(35)36-7)37-30(3,4)5;1-15-11-21-25(37-27(32-21)18-12-20-16(2)14-33(6)26(20)31-13-18)23(17-7-9-19(30)10-8-17)22(15)24(28(34)35)36-29(3,4)5;1-15-11-21-25(37-27(33-21)18-12-20-16(2)13-31-26(20)32-14-18)23(17-7-9-19(30)10-8-17)22(15)24(28(34)35-6)36-29(3,4)5/h8-15,25H,1-7H3;7-14,24H,1-6H3,(H,34,35);7-14,24H,1-6H3,(H,31,32)/t25-;2*24-/m000/s1. The Kier molecular flexibility index (Phi) is 22.7. The molecule has 6 aromatic carbocycles. The normalized spacial score (nSPS) is 12.9. The monoisotopic (exact) mass is 1610 g/mol. The number of aryl methyl sites for hydroxylation is 8. The molecule has 9 heterocycles. The number of methoxy groups -OCH3 is 2. The van der Waals surface area contributed by atoms with Crippen molar-refractivity contribution in [2.75, 3.05) is 14.2 Å². The molecule has 2 N–H and O–H groups in total. The smallest absolute Gasteiger partial charge is 0.339 e. The number of aromatic nitrogens is 9. The molecule has 15 aromatic rings. The predicted octanol–water partition coefficient (Wildman–Crippen LogP) is 23.4. The lowest BCUT2D eigenvalue weighted by Gasteiger charge is -2.29. The predicted molar refractivity (Wildman–Crippen MR) is 456 cm³/mol. The minimum Gasteiger partial charge on any atom is -0.479 e. The lowest BCUT2D eigenvalue weighted by Crippen LogP contribution is -2.29. The van der Waals surface area contributed by atoms with E-state index in [1.54, 1.807) is 22.7 Å². The van der Waals surface area contributed by atoms with Crippen molar-refractivity contribution in [1.29, 1.82) is 0 Å². The van der Waals surface area contributed by atoms with Gasteiger partial charge in [0.15, 0.2) is 18.3 Å². The summed E-state index contributed by atoms with van der Waals surface area (Å²) < 4.78 is 36.0. The molecule has 0 spiro atoms. The van der Waals surface area contributed by atoms with Gasteiger partial charge < -0.3 is 42.9 Å². The Hall–Kier alpha value is -9.78. The number of carbonyl (C=O) groups excluding carboxylic acids is 2. The topological polar surface area (TPSA) is 221 Å². The number of aliphatic carboxylic acids is 1. The molecule has 0 radical (unpaired) electrons. The van der Waals surface area contributed by atoms with Gasteiger partial charge in [-0.3, -0.25) is 0 Å². The van der Waals surface area contributed by atoms with Gasteiger partial charge in [-0.1, -0.05) is 71.2 Å². The van der Waals surface area contributed by atoms with Crippen LogP contribution in [0.25, 0.3) is 129 Å². The highest BCUT2D eigenvalue weighted by Crippen LogP contribution is 2.49. The molecule has 0 saturated carbocycles. The van der Waals surface area contributed by atoms with Crippen molar-refractivity contribution in [3.63, 3.8) is 0 Å². The van der Waals surface area contributed by atoms with Crippen molar-refractivity contribution < 1.29 is 43.2 Å². The van der Waals surface area contributed by atoms with E-state index in [1.165, 1.54) is 25.6 Å². The maximum absolute atomic E-state index is 13.1. The summed E-state index contributed by atoms with van der Waals surface area (Å²) in [6.07, 6.45) is 8.68. The van der Waals surface area contributed by atoms with Gasteiger partial charge in [0.2, 0.25) is 0 Å². The van der Waals surface area contributed by atoms with Gasteiger partial charge >= 0.3 is 17.9 Å². The molecule has 0 bridgehead atoms. The quantitative estimate of drug-likeness (QED) is 0.0912. The first-order chi connectivity index (χ1) is 52.9. The van der Waals surface area contributed by atoms with Gasteiger partial charge in [0.1, 0.15) is 32.0 Å². The molecule has 0 fully saturated rings. The molecule has 9 aromatic heterocycles. The van der Waals surface area contributed by atoms with E-state index in [0.29, 0.717) is 20.6 Å². The second-order valence-electron chi connectivity index (χ2n) is 30.9. The molecule has 0 unspecified atom stereocenters. The summed E-state index contributed by atoms with van der Waals surface area (Å²) in [4.78, 5) is 70.9. The first kappa shape index (κ1) is 80.3. The highest BCUT2D eigenvalue weighted by Gasteiger charge is 2.37. The number of ether oxygens (including phenoxy) is 5. The van der Waals surface area contributed by atoms with Crippen LogP contribution in [-0.2, 0) is 52.2 Å². The SMILES string of the molecule is COC(=O)[C@@H](OC(C)(C)C)c1c(C)cc2nc(-c3cnc4[nH]cc(C)c4c3)sc2c1-c1ccc(Cl)cc1.COC(=O)[C@@H](OC(C)(C)C)c1c(C)cc2nc(-c3cnc4c(c3)c(C)cn4C)sc2c1-c1ccc(Cl)cc1.Cc1cc2nc(-c3cnc4c(c3)c(C)cn4C)sc2c(-c2ccc(Cl)cc2)c1[C@H](OC(C)(C)C)C(=O)O. The van der Waals surface area contributed by atoms with Crippen molar-refractivity contribution in [1.82, 2.24) is 44.0 Å². The third-order valence-corrected chi connectivity index (χ3v) is 23.1. The summed E-state index contributed by atoms with van der Waals surface area (Å²) in [5.41, 5.74) is 19.7. The van der Waals surface area contributed by atoms with E-state index >= 15 is 0 Å². The number of halogens is 3. The molecular weight excluding hydrogens is 1530 g/mol. The molecule has 18 nitrogen and oxygen atoms in total. The van der Waals surface area contributed by atoms with Crippen molar-refractivity contribution in [2.45, 2.75) is 139 Å². The van der Waals surface area contributed by atoms with Crippen LogP contribution in [0.3, 0.4) is 0 Å². The second kappa shape index (κ2) is 31.7. The first-order valence-corrected chi connectivity index (χ1v) is 39.8. The molecule has 15 rings (SSSR count). The number of nitrogens with zero attached hydrogens (tertiary/aromatic N) is 8. The van der Waals surface area contributed by atoms with Gasteiger partial charge in [0, 0.05) is 133 Å². The summed E-state index contributed by atoms with van der Waals surface area (Å²) in [6.45, 7) is 29.2. The van der Waals surface area contributed by atoms with Crippen LogP contribution >= 0.6 is 68.8 Å². The van der Waals surface area contributed by atoms with Gasteiger partial charge in [-0.05, 0) is 227 Å². The Bertz CT molecular complexity index is 6160. The molecule has 576 valence electrons. The summed E-state index contributed by atoms with van der Waals surface area (Å²) in [5, 5.41) is 17.9. The zero-order valence-corrected chi connectivity index (χ0v) is 70.5. The largest absolute Gasteiger partial charge is 0.479 e. The van der Waals surface area contributed by atoms with Crippen molar-refractivity contribution in [3.05, 3.63) is 212 Å². The summed E-state index contributed by atoms with van der Waals surface area (Å²) in [5.74, 6) is -1.93. The number of carboxylic acids is 1. The number of H-pyrrole nitrogens is 1. The van der Waals surface area contributed by atoms with Crippen molar-refractivity contribution >= 4 is 150 Å². The number of aromatic amines is 1. The van der Waals surface area contributed by atoms with Crippen LogP contribution in [-0.4, -0.2) is 98.1 Å². The van der Waals surface area contributed by atoms with Crippen LogP contribution in [0.1, 0.15) is 131 Å². The van der Waals surface area contributed by atoms with Crippen LogP contribution < -0.4 is 0 Å². The molecule has 0 aliphatic carbocycles. The zero-order valence-electron chi connectivity index (χ0n) is 65.7. The average molecular weight is 1620 g/mol. The number of nitrogens with one attached hydrogen (secondary N) is 1. The fourth-order valence-electron chi connectivity index (χ4n) is 14.1. The molecule has 3 atom stereocenters. The third kappa shape index (κ3) is 16.7. The van der Waals surface area contributed by atoms with E-state index in [1.807, 2.05) is 222 Å². The number of carboxylic acid groups (broad SMARTS) is 1. The van der Waals surface area contributed by atoms with E-state index in [4.69, 9.17) is 78.4 Å². The summed E-state index contributed by atoms with van der Waals surface area (Å²) in [6, 6.07) is 35.1. The third-order valence-electron chi connectivity index (χ3n) is 18.9. The lowest BCUT2D eigenvalue weighted by molar-refractivity contribution is -0.164. The molecule has 24 heteroatoms. The van der Waals surface area contributed by atoms with Gasteiger partial charge in [-0.15, -0.1) is 34.0 Å². The average Bonchev–Trinajstić information content (AvgIpc) is 1.50. The van der Waals surface area contributed by atoms with Gasteiger partial charge in [0.05, 0.1) is 61.7 Å². The van der Waals surface area contributed by atoms with E-state index in [9.17, 15) is 19.5 Å². The minimum absolute atomic E-state index is 0.448. The number of pyridine rings is 3. The second-order valence-corrected chi connectivity index (χ2v) is 35.2. The highest BCUT2D eigenvalue weighted by molar-refractivity contribution is 7.23. The Morgan fingerprint density at radius 2 is 0.741 bits per heavy atom. The summed E-state index contributed by atoms with van der Waals surface area (Å²) in [7, 11) is 6.76.